The maximum absolute atomic E-state index is 12.4. The van der Waals surface area contributed by atoms with E-state index >= 15 is 0 Å². The number of hydrogen-bond donors (Lipinski definition) is 2. The van der Waals surface area contributed by atoms with E-state index in [-0.39, 0.29) is 6.54 Å². The van der Waals surface area contributed by atoms with Gasteiger partial charge >= 0.3 is 6.18 Å². The molecule has 1 aromatic heterocycles. The van der Waals surface area contributed by atoms with Crippen LogP contribution in [0, 0.1) is 0 Å². The van der Waals surface area contributed by atoms with Gasteiger partial charge in [-0.3, -0.25) is 4.99 Å². The molecule has 0 bridgehead atoms. The van der Waals surface area contributed by atoms with E-state index in [1.807, 2.05) is 0 Å². The molecule has 0 spiro atoms. The zero-order valence-electron chi connectivity index (χ0n) is 10.8. The molecule has 0 aliphatic heterocycles. The van der Waals surface area contributed by atoms with Crippen molar-refractivity contribution in [3.05, 3.63) is 16.1 Å². The van der Waals surface area contributed by atoms with E-state index in [9.17, 15) is 13.2 Å². The van der Waals surface area contributed by atoms with Crippen LogP contribution in [0.4, 0.5) is 13.2 Å². The average molecular weight is 294 g/mol. The summed E-state index contributed by atoms with van der Waals surface area (Å²) in [7, 11) is 1.62. The summed E-state index contributed by atoms with van der Waals surface area (Å²) >= 11 is 0.981. The molecule has 1 aromatic rings. The molecule has 0 radical (unpaired) electrons. The van der Waals surface area contributed by atoms with Crippen LogP contribution in [0.2, 0.25) is 0 Å². The number of rotatable bonds is 5. The largest absolute Gasteiger partial charge is 0.434 e. The van der Waals surface area contributed by atoms with Crippen molar-refractivity contribution in [2.75, 3.05) is 13.6 Å². The molecule has 8 heteroatoms. The average Bonchev–Trinajstić information content (AvgIpc) is 2.82. The molecule has 0 amide bonds. The fourth-order valence-electron chi connectivity index (χ4n) is 1.29. The van der Waals surface area contributed by atoms with Gasteiger partial charge in [-0.25, -0.2) is 4.98 Å². The SMILES string of the molecule is CCCCNC(=NC)NCc1nc(C(F)(F)F)cs1. The predicted octanol–water partition coefficient (Wildman–Crippen LogP) is 2.63. The van der Waals surface area contributed by atoms with E-state index in [0.29, 0.717) is 11.0 Å². The van der Waals surface area contributed by atoms with Gasteiger partial charge in [0.05, 0.1) is 6.54 Å². The molecule has 0 fully saturated rings. The maximum atomic E-state index is 12.4. The summed E-state index contributed by atoms with van der Waals surface area (Å²) in [6.45, 7) is 3.08. The van der Waals surface area contributed by atoms with Gasteiger partial charge in [-0.15, -0.1) is 11.3 Å². The molecule has 0 aliphatic rings. The van der Waals surface area contributed by atoms with Crippen LogP contribution in [-0.4, -0.2) is 24.5 Å². The van der Waals surface area contributed by atoms with Gasteiger partial charge in [0.2, 0.25) is 0 Å². The lowest BCUT2D eigenvalue weighted by molar-refractivity contribution is -0.140. The van der Waals surface area contributed by atoms with E-state index in [0.717, 1.165) is 36.1 Å². The Morgan fingerprint density at radius 1 is 1.42 bits per heavy atom. The Bertz CT molecular complexity index is 414. The Morgan fingerprint density at radius 3 is 2.68 bits per heavy atom. The predicted molar refractivity (Wildman–Crippen MR) is 70.2 cm³/mol. The molecular weight excluding hydrogens is 277 g/mol. The van der Waals surface area contributed by atoms with E-state index in [1.165, 1.54) is 0 Å². The number of thiazole rings is 1. The Morgan fingerprint density at radius 2 is 2.16 bits per heavy atom. The number of unbranched alkanes of at least 4 members (excludes halogenated alkanes) is 1. The molecule has 0 aromatic carbocycles. The Balaban J connectivity index is 2.45. The first-order valence-electron chi connectivity index (χ1n) is 5.93. The minimum atomic E-state index is -4.38. The van der Waals surface area contributed by atoms with E-state index in [4.69, 9.17) is 0 Å². The van der Waals surface area contributed by atoms with Crippen LogP contribution in [0.15, 0.2) is 10.4 Å². The first kappa shape index (κ1) is 15.7. The molecule has 108 valence electrons. The fraction of sp³-hybridized carbons (Fsp3) is 0.636. The van der Waals surface area contributed by atoms with E-state index in [2.05, 4.69) is 27.5 Å². The van der Waals surface area contributed by atoms with Gasteiger partial charge in [0.15, 0.2) is 11.7 Å². The zero-order chi connectivity index (χ0) is 14.3. The molecule has 19 heavy (non-hydrogen) atoms. The number of alkyl halides is 3. The van der Waals surface area contributed by atoms with Crippen molar-refractivity contribution >= 4 is 17.3 Å². The van der Waals surface area contributed by atoms with Gasteiger partial charge in [0.1, 0.15) is 5.01 Å². The first-order chi connectivity index (χ1) is 8.97. The third-order valence-electron chi connectivity index (χ3n) is 2.30. The van der Waals surface area contributed by atoms with E-state index in [1.54, 1.807) is 7.05 Å². The molecule has 0 atom stereocenters. The molecular formula is C11H17F3N4S. The highest BCUT2D eigenvalue weighted by molar-refractivity contribution is 7.09. The minimum absolute atomic E-state index is 0.229. The summed E-state index contributed by atoms with van der Waals surface area (Å²) in [5.74, 6) is 0.567. The van der Waals surface area contributed by atoms with Crippen LogP contribution in [0.5, 0.6) is 0 Å². The van der Waals surface area contributed by atoms with Gasteiger partial charge in [0, 0.05) is 19.0 Å². The van der Waals surface area contributed by atoms with Crippen molar-refractivity contribution in [3.63, 3.8) is 0 Å². The molecule has 0 aliphatic carbocycles. The van der Waals surface area contributed by atoms with Crippen molar-refractivity contribution in [1.82, 2.24) is 15.6 Å². The van der Waals surface area contributed by atoms with Crippen LogP contribution in [-0.2, 0) is 12.7 Å². The Hall–Kier alpha value is -1.31. The summed E-state index contributed by atoms with van der Waals surface area (Å²) in [6.07, 6.45) is -2.31. The van der Waals surface area contributed by atoms with Crippen molar-refractivity contribution in [1.29, 1.82) is 0 Å². The second-order valence-electron chi connectivity index (χ2n) is 3.83. The van der Waals surface area contributed by atoms with Gasteiger partial charge < -0.3 is 10.6 Å². The maximum Gasteiger partial charge on any atom is 0.434 e. The smallest absolute Gasteiger partial charge is 0.356 e. The second-order valence-corrected chi connectivity index (χ2v) is 4.77. The summed E-state index contributed by atoms with van der Waals surface area (Å²) in [6, 6.07) is 0. The molecule has 4 nitrogen and oxygen atoms in total. The second kappa shape index (κ2) is 7.32. The first-order valence-corrected chi connectivity index (χ1v) is 6.81. The summed E-state index contributed by atoms with van der Waals surface area (Å²) in [4.78, 5) is 7.51. The standard InChI is InChI=1S/C11H17F3N4S/c1-3-4-5-16-10(15-2)17-6-9-18-8(7-19-9)11(12,13)14/h7H,3-6H2,1-2H3,(H2,15,16,17). The quantitative estimate of drug-likeness (QED) is 0.498. The lowest BCUT2D eigenvalue weighted by Crippen LogP contribution is -2.37. The number of nitrogens with zero attached hydrogens (tertiary/aromatic N) is 2. The minimum Gasteiger partial charge on any atom is -0.356 e. The number of aliphatic imine (C=N–C) groups is 1. The molecule has 2 N–H and O–H groups in total. The van der Waals surface area contributed by atoms with Crippen molar-refractivity contribution in [3.8, 4) is 0 Å². The molecule has 0 unspecified atom stereocenters. The normalized spacial score (nSPS) is 12.6. The fourth-order valence-corrected chi connectivity index (χ4v) is 2.03. The van der Waals surface area contributed by atoms with Crippen molar-refractivity contribution < 1.29 is 13.2 Å². The van der Waals surface area contributed by atoms with Gasteiger partial charge in [-0.05, 0) is 6.42 Å². The summed E-state index contributed by atoms with van der Waals surface area (Å²) < 4.78 is 37.1. The molecule has 0 saturated carbocycles. The topological polar surface area (TPSA) is 49.3 Å². The molecule has 0 saturated heterocycles. The lowest BCUT2D eigenvalue weighted by Gasteiger charge is -2.10. The van der Waals surface area contributed by atoms with Crippen molar-refractivity contribution in [2.24, 2.45) is 4.99 Å². The van der Waals surface area contributed by atoms with Crippen LogP contribution in [0.1, 0.15) is 30.5 Å². The van der Waals surface area contributed by atoms with Crippen LogP contribution >= 0.6 is 11.3 Å². The number of halogens is 3. The highest BCUT2D eigenvalue weighted by Gasteiger charge is 2.33. The zero-order valence-corrected chi connectivity index (χ0v) is 11.7. The summed E-state index contributed by atoms with van der Waals surface area (Å²) in [5, 5.41) is 7.40. The van der Waals surface area contributed by atoms with Gasteiger partial charge in [-0.2, -0.15) is 13.2 Å². The number of nitrogens with one attached hydrogen (secondary N) is 2. The number of guanidine groups is 1. The molecule has 1 heterocycles. The highest BCUT2D eigenvalue weighted by atomic mass is 32.1. The van der Waals surface area contributed by atoms with Crippen LogP contribution in [0.3, 0.4) is 0 Å². The Labute approximate surface area is 114 Å². The van der Waals surface area contributed by atoms with E-state index < -0.39 is 11.9 Å². The number of aromatic nitrogens is 1. The Kier molecular flexibility index (Phi) is 6.07. The third kappa shape index (κ3) is 5.46. The monoisotopic (exact) mass is 294 g/mol. The third-order valence-corrected chi connectivity index (χ3v) is 3.14. The van der Waals surface area contributed by atoms with Crippen molar-refractivity contribution in [2.45, 2.75) is 32.5 Å². The number of hydrogen-bond acceptors (Lipinski definition) is 3. The van der Waals surface area contributed by atoms with Gasteiger partial charge in [0.25, 0.3) is 0 Å². The summed E-state index contributed by atoms with van der Waals surface area (Å²) in [5.41, 5.74) is -0.844. The highest BCUT2D eigenvalue weighted by Crippen LogP contribution is 2.29. The van der Waals surface area contributed by atoms with Crippen LogP contribution in [0.25, 0.3) is 0 Å². The lowest BCUT2D eigenvalue weighted by atomic mass is 10.3. The van der Waals surface area contributed by atoms with Gasteiger partial charge in [-0.1, -0.05) is 13.3 Å². The molecule has 1 rings (SSSR count). The van der Waals surface area contributed by atoms with Crippen LogP contribution < -0.4 is 10.6 Å².